The second-order valence-corrected chi connectivity index (χ2v) is 4.99. The molecule has 0 fully saturated rings. The van der Waals surface area contributed by atoms with Crippen LogP contribution < -0.4 is 0 Å². The van der Waals surface area contributed by atoms with E-state index in [0.717, 1.165) is 18.2 Å². The lowest BCUT2D eigenvalue weighted by molar-refractivity contribution is 1.09. The third-order valence-corrected chi connectivity index (χ3v) is 2.82. The number of hydrogen-bond acceptors (Lipinski definition) is 0. The van der Waals surface area contributed by atoms with E-state index in [-0.39, 0.29) is 0 Å². The number of rotatable bonds is 4. The Morgan fingerprint density at radius 3 is 2.33 bits per heavy atom. The van der Waals surface area contributed by atoms with E-state index in [0.29, 0.717) is 0 Å². The fraction of sp³-hybridized carbons (Fsp3) is 0.429. The van der Waals surface area contributed by atoms with Gasteiger partial charge in [0.1, 0.15) is 0 Å². The van der Waals surface area contributed by atoms with Crippen LogP contribution in [0.15, 0.2) is 29.8 Å². The molecule has 15 heavy (non-hydrogen) atoms. The van der Waals surface area contributed by atoms with Crippen LogP contribution in [0.1, 0.15) is 30.0 Å². The summed E-state index contributed by atoms with van der Waals surface area (Å²) in [6, 6.07) is 6.78. The van der Waals surface area contributed by atoms with Crippen molar-refractivity contribution >= 4 is 15.9 Å². The second kappa shape index (κ2) is 6.12. The Balaban J connectivity index is 2.72. The Bertz CT molecular complexity index is 330. The molecular formula is C14H19Br. The van der Waals surface area contributed by atoms with Gasteiger partial charge in [0.05, 0.1) is 0 Å². The van der Waals surface area contributed by atoms with Gasteiger partial charge < -0.3 is 0 Å². The molecule has 0 radical (unpaired) electrons. The molecular weight excluding hydrogens is 248 g/mol. The van der Waals surface area contributed by atoms with E-state index < -0.39 is 0 Å². The van der Waals surface area contributed by atoms with Crippen molar-refractivity contribution in [2.75, 3.05) is 5.33 Å². The van der Waals surface area contributed by atoms with Gasteiger partial charge in [0.15, 0.2) is 0 Å². The second-order valence-electron chi connectivity index (χ2n) is 4.20. The first-order valence-electron chi connectivity index (χ1n) is 5.40. The normalized spacial score (nSPS) is 11.9. The van der Waals surface area contributed by atoms with E-state index >= 15 is 0 Å². The van der Waals surface area contributed by atoms with Crippen LogP contribution in [-0.4, -0.2) is 5.33 Å². The van der Waals surface area contributed by atoms with Crippen LogP contribution >= 0.6 is 15.9 Å². The number of alkyl halides is 1. The van der Waals surface area contributed by atoms with Gasteiger partial charge in [0.2, 0.25) is 0 Å². The summed E-state index contributed by atoms with van der Waals surface area (Å²) in [6.45, 7) is 6.53. The lowest BCUT2D eigenvalue weighted by Crippen LogP contribution is -1.90. The van der Waals surface area contributed by atoms with Gasteiger partial charge in [-0.2, -0.15) is 0 Å². The largest absolute Gasteiger partial charge is 0.0925 e. The zero-order chi connectivity index (χ0) is 11.3. The minimum absolute atomic E-state index is 1.05. The minimum atomic E-state index is 1.05. The van der Waals surface area contributed by atoms with E-state index in [1.54, 1.807) is 0 Å². The van der Waals surface area contributed by atoms with Crippen molar-refractivity contribution in [3.8, 4) is 0 Å². The molecule has 0 unspecified atom stereocenters. The van der Waals surface area contributed by atoms with Crippen molar-refractivity contribution in [3.63, 3.8) is 0 Å². The third kappa shape index (κ3) is 4.65. The number of allylic oxidation sites excluding steroid dienone is 2. The summed E-state index contributed by atoms with van der Waals surface area (Å²) >= 11 is 3.44. The third-order valence-electron chi connectivity index (χ3n) is 2.37. The Hall–Kier alpha value is -0.560. The molecule has 0 aliphatic carbocycles. The van der Waals surface area contributed by atoms with Crippen molar-refractivity contribution < 1.29 is 0 Å². The maximum atomic E-state index is 3.44. The fourth-order valence-electron chi connectivity index (χ4n) is 1.87. The molecule has 0 saturated carbocycles. The zero-order valence-electron chi connectivity index (χ0n) is 9.81. The summed E-state index contributed by atoms with van der Waals surface area (Å²) in [4.78, 5) is 0. The predicted molar refractivity (Wildman–Crippen MR) is 71.8 cm³/mol. The fourth-order valence-corrected chi connectivity index (χ4v) is 2.10. The molecule has 0 saturated heterocycles. The lowest BCUT2D eigenvalue weighted by atomic mass is 10.0. The average Bonchev–Trinajstić information content (AvgIpc) is 2.13. The van der Waals surface area contributed by atoms with E-state index in [2.05, 4.69) is 61.0 Å². The van der Waals surface area contributed by atoms with Gasteiger partial charge in [0.25, 0.3) is 0 Å². The average molecular weight is 267 g/mol. The van der Waals surface area contributed by atoms with E-state index in [9.17, 15) is 0 Å². The summed E-state index contributed by atoms with van der Waals surface area (Å²) in [5.41, 5.74) is 5.60. The van der Waals surface area contributed by atoms with Gasteiger partial charge in [-0.15, -0.1) is 0 Å². The topological polar surface area (TPSA) is 0 Å². The first-order chi connectivity index (χ1) is 7.11. The van der Waals surface area contributed by atoms with Crippen LogP contribution in [0.3, 0.4) is 0 Å². The summed E-state index contributed by atoms with van der Waals surface area (Å²) in [6.07, 6.45) is 4.51. The molecule has 0 spiro atoms. The van der Waals surface area contributed by atoms with Gasteiger partial charge in [-0.05, 0) is 39.2 Å². The molecule has 0 aliphatic heterocycles. The standard InChI is InChI=1S/C14H19Br/c1-11(5-4-6-15)8-14-9-12(2)7-13(3)10-14/h5,7,9-10H,4,6,8H2,1-3H3. The van der Waals surface area contributed by atoms with Crippen molar-refractivity contribution in [2.45, 2.75) is 33.6 Å². The number of hydrogen-bond donors (Lipinski definition) is 0. The number of halogens is 1. The van der Waals surface area contributed by atoms with Crippen molar-refractivity contribution in [1.82, 2.24) is 0 Å². The molecule has 1 heteroatoms. The van der Waals surface area contributed by atoms with Crippen LogP contribution in [-0.2, 0) is 6.42 Å². The SMILES string of the molecule is CC(=CCCBr)Cc1cc(C)cc(C)c1. The zero-order valence-corrected chi connectivity index (χ0v) is 11.4. The molecule has 1 aromatic carbocycles. The molecule has 0 heterocycles. The molecule has 0 N–H and O–H groups in total. The smallest absolute Gasteiger partial charge is 0.00660 e. The van der Waals surface area contributed by atoms with Crippen molar-refractivity contribution in [3.05, 3.63) is 46.5 Å². The van der Waals surface area contributed by atoms with Crippen molar-refractivity contribution in [2.24, 2.45) is 0 Å². The van der Waals surface area contributed by atoms with E-state index in [1.807, 2.05) is 0 Å². The highest BCUT2D eigenvalue weighted by Gasteiger charge is 1.97. The summed E-state index contributed by atoms with van der Waals surface area (Å²) < 4.78 is 0. The van der Waals surface area contributed by atoms with E-state index in [1.165, 1.54) is 22.3 Å². The molecule has 0 amide bonds. The van der Waals surface area contributed by atoms with Gasteiger partial charge in [-0.1, -0.05) is 56.9 Å². The molecule has 0 atom stereocenters. The quantitative estimate of drug-likeness (QED) is 0.553. The Morgan fingerprint density at radius 1 is 1.20 bits per heavy atom. The van der Waals surface area contributed by atoms with Gasteiger partial charge in [0, 0.05) is 5.33 Å². The van der Waals surface area contributed by atoms with Gasteiger partial charge >= 0.3 is 0 Å². The molecule has 1 aromatic rings. The van der Waals surface area contributed by atoms with Crippen LogP contribution in [0.25, 0.3) is 0 Å². The molecule has 0 aliphatic rings. The van der Waals surface area contributed by atoms with Gasteiger partial charge in [-0.25, -0.2) is 0 Å². The molecule has 0 aromatic heterocycles. The molecule has 1 rings (SSSR count). The summed E-state index contributed by atoms with van der Waals surface area (Å²) in [5.74, 6) is 0. The highest BCUT2D eigenvalue weighted by atomic mass is 79.9. The molecule has 0 nitrogen and oxygen atoms in total. The predicted octanol–water partition coefficient (Wildman–Crippen LogP) is 4.58. The van der Waals surface area contributed by atoms with Crippen molar-refractivity contribution in [1.29, 1.82) is 0 Å². The molecule has 82 valence electrons. The van der Waals surface area contributed by atoms with Crippen LogP contribution in [0.4, 0.5) is 0 Å². The number of aryl methyl sites for hydroxylation is 2. The Kier molecular flexibility index (Phi) is 5.10. The monoisotopic (exact) mass is 266 g/mol. The van der Waals surface area contributed by atoms with Crippen LogP contribution in [0, 0.1) is 13.8 Å². The summed E-state index contributed by atoms with van der Waals surface area (Å²) in [7, 11) is 0. The molecule has 0 bridgehead atoms. The van der Waals surface area contributed by atoms with Crippen LogP contribution in [0.5, 0.6) is 0 Å². The van der Waals surface area contributed by atoms with Gasteiger partial charge in [-0.3, -0.25) is 0 Å². The van der Waals surface area contributed by atoms with Crippen LogP contribution in [0.2, 0.25) is 0 Å². The summed E-state index contributed by atoms with van der Waals surface area (Å²) in [5, 5.41) is 1.05. The minimum Gasteiger partial charge on any atom is -0.0925 e. The Labute approximate surface area is 102 Å². The lowest BCUT2D eigenvalue weighted by Gasteiger charge is -2.05. The first-order valence-corrected chi connectivity index (χ1v) is 6.52. The van der Waals surface area contributed by atoms with E-state index in [4.69, 9.17) is 0 Å². The highest BCUT2D eigenvalue weighted by molar-refractivity contribution is 9.09. The Morgan fingerprint density at radius 2 is 1.80 bits per heavy atom. The number of benzene rings is 1. The highest BCUT2D eigenvalue weighted by Crippen LogP contribution is 2.13. The maximum absolute atomic E-state index is 3.44. The first kappa shape index (κ1) is 12.5. The maximum Gasteiger partial charge on any atom is 0.00660 e.